The summed E-state index contributed by atoms with van der Waals surface area (Å²) in [5.41, 5.74) is 1.81. The summed E-state index contributed by atoms with van der Waals surface area (Å²) in [5, 5.41) is 4.42. The Morgan fingerprint density at radius 3 is 2.44 bits per heavy atom. The van der Waals surface area contributed by atoms with Gasteiger partial charge in [-0.25, -0.2) is 9.97 Å². The van der Waals surface area contributed by atoms with Gasteiger partial charge in [-0.1, -0.05) is 43.5 Å². The number of ether oxygens (including phenoxy) is 1. The molecule has 0 atom stereocenters. The van der Waals surface area contributed by atoms with Crippen LogP contribution in [0.5, 0.6) is 5.75 Å². The number of fused-ring (bicyclic) bond motifs is 1. The number of rotatable bonds is 6. The number of benzene rings is 2. The first-order valence-electron chi connectivity index (χ1n) is 11.7. The number of anilines is 1. The molecule has 0 radical (unpaired) electrons. The van der Waals surface area contributed by atoms with Crippen molar-refractivity contribution in [2.45, 2.75) is 51.9 Å². The number of nitrogens with one attached hydrogen (secondary N) is 1. The van der Waals surface area contributed by atoms with Gasteiger partial charge in [-0.05, 0) is 62.1 Å². The van der Waals surface area contributed by atoms with E-state index >= 15 is 0 Å². The van der Waals surface area contributed by atoms with Gasteiger partial charge in [-0.15, -0.1) is 13.2 Å². The molecule has 1 aromatic heterocycles. The Bertz CT molecular complexity index is 1050. The van der Waals surface area contributed by atoms with Crippen molar-refractivity contribution >= 4 is 16.7 Å². The van der Waals surface area contributed by atoms with Gasteiger partial charge in [0.05, 0.1) is 5.52 Å². The van der Waals surface area contributed by atoms with Crippen LogP contribution < -0.4 is 15.0 Å². The molecule has 1 heterocycles. The fourth-order valence-corrected chi connectivity index (χ4v) is 4.18. The van der Waals surface area contributed by atoms with Crippen molar-refractivity contribution in [2.75, 3.05) is 25.5 Å². The Kier molecular flexibility index (Phi) is 9.10. The highest BCUT2D eigenvalue weighted by atomic mass is 19.4. The van der Waals surface area contributed by atoms with Crippen molar-refractivity contribution in [3.8, 4) is 5.75 Å². The number of halogens is 3. The number of hydrogen-bond donors (Lipinski definition) is 1. The van der Waals surface area contributed by atoms with E-state index in [1.165, 1.54) is 44.2 Å². The monoisotopic (exact) mass is 474 g/mol. The predicted octanol–water partition coefficient (Wildman–Crippen LogP) is 6.26. The number of alkyl halides is 3. The van der Waals surface area contributed by atoms with Crippen molar-refractivity contribution < 1.29 is 17.9 Å². The zero-order chi connectivity index (χ0) is 24.6. The van der Waals surface area contributed by atoms with Gasteiger partial charge in [0.25, 0.3) is 0 Å². The third kappa shape index (κ3) is 8.17. The molecule has 0 spiro atoms. The summed E-state index contributed by atoms with van der Waals surface area (Å²) in [4.78, 5) is 10.8. The molecule has 1 saturated carbocycles. The van der Waals surface area contributed by atoms with Crippen LogP contribution in [0.15, 0.2) is 48.5 Å². The quantitative estimate of drug-likeness (QED) is 0.457. The zero-order valence-corrected chi connectivity index (χ0v) is 20.0. The smallest absolute Gasteiger partial charge is 0.406 e. The van der Waals surface area contributed by atoms with E-state index in [9.17, 15) is 13.2 Å². The molecule has 0 amide bonds. The van der Waals surface area contributed by atoms with Crippen LogP contribution in [-0.4, -0.2) is 37.0 Å². The molecule has 0 saturated heterocycles. The highest BCUT2D eigenvalue weighted by Crippen LogP contribution is 2.25. The fraction of sp³-hybridized carbons (Fsp3) is 0.462. The number of aryl methyl sites for hydroxylation is 1. The van der Waals surface area contributed by atoms with E-state index in [0.717, 1.165) is 34.7 Å². The summed E-state index contributed by atoms with van der Waals surface area (Å²) in [6.45, 7) is 3.43. The minimum Gasteiger partial charge on any atom is -0.406 e. The summed E-state index contributed by atoms with van der Waals surface area (Å²) < 4.78 is 40.3. The molecular formula is C26H33F3N4O. The molecule has 1 aliphatic rings. The summed E-state index contributed by atoms with van der Waals surface area (Å²) in [5.74, 6) is 2.34. The Morgan fingerprint density at radius 1 is 1.00 bits per heavy atom. The molecule has 4 rings (SSSR count). The summed E-state index contributed by atoms with van der Waals surface area (Å²) in [7, 11) is 3.99. The van der Waals surface area contributed by atoms with Crippen molar-refractivity contribution in [3.05, 3.63) is 59.9 Å². The lowest BCUT2D eigenvalue weighted by atomic mass is 9.89. The molecule has 34 heavy (non-hydrogen) atoms. The second-order valence-corrected chi connectivity index (χ2v) is 8.84. The molecule has 1 aliphatic carbocycles. The third-order valence-corrected chi connectivity index (χ3v) is 5.74. The Balaban J connectivity index is 0.000000202. The maximum absolute atomic E-state index is 12.1. The van der Waals surface area contributed by atoms with Crippen LogP contribution >= 0.6 is 0 Å². The van der Waals surface area contributed by atoms with Crippen LogP contribution in [0, 0.1) is 12.8 Å². The molecule has 0 bridgehead atoms. The van der Waals surface area contributed by atoms with Crippen LogP contribution in [0.2, 0.25) is 0 Å². The number of nitrogens with zero attached hydrogens (tertiary/aromatic N) is 3. The molecule has 3 aromatic rings. The minimum atomic E-state index is -4.63. The normalized spacial score (nSPS) is 14.4. The molecule has 1 fully saturated rings. The number of aromatic nitrogens is 2. The molecule has 0 unspecified atom stereocenters. The average Bonchev–Trinajstić information content (AvgIpc) is 2.79. The van der Waals surface area contributed by atoms with Crippen LogP contribution in [0.4, 0.5) is 19.0 Å². The first-order valence-corrected chi connectivity index (χ1v) is 11.7. The van der Waals surface area contributed by atoms with Gasteiger partial charge in [0.1, 0.15) is 17.4 Å². The third-order valence-electron chi connectivity index (χ3n) is 5.74. The standard InChI is InChI=1S/C15H20F3NO.C11H13N3/c16-15(17,18)20-14-8-4-7-13(9-14)11-19-10-12-5-2-1-3-6-12;1-8-12-10-7-5-4-6-9(10)11(13-8)14(2)3/h4,7-9,12,19H,1-3,5-6,10-11H2;4-7H,1-3H3. The first kappa shape index (κ1) is 25.7. The average molecular weight is 475 g/mol. The molecular weight excluding hydrogens is 441 g/mol. The molecule has 184 valence electrons. The summed E-state index contributed by atoms with van der Waals surface area (Å²) >= 11 is 0. The summed E-state index contributed by atoms with van der Waals surface area (Å²) in [6, 6.07) is 14.2. The van der Waals surface area contributed by atoms with Crippen molar-refractivity contribution in [3.63, 3.8) is 0 Å². The highest BCUT2D eigenvalue weighted by molar-refractivity contribution is 5.89. The topological polar surface area (TPSA) is 50.3 Å². The fourth-order valence-electron chi connectivity index (χ4n) is 4.18. The van der Waals surface area contributed by atoms with E-state index in [1.54, 1.807) is 12.1 Å². The van der Waals surface area contributed by atoms with E-state index < -0.39 is 6.36 Å². The SMILES string of the molecule is Cc1nc(N(C)C)c2ccccc2n1.FC(F)(F)Oc1cccc(CNCC2CCCCC2)c1. The second-order valence-electron chi connectivity index (χ2n) is 8.84. The van der Waals surface area contributed by atoms with Crippen LogP contribution in [0.25, 0.3) is 10.9 Å². The molecule has 8 heteroatoms. The van der Waals surface area contributed by atoms with E-state index in [1.807, 2.05) is 50.2 Å². The zero-order valence-electron chi connectivity index (χ0n) is 20.0. The van der Waals surface area contributed by atoms with Crippen molar-refractivity contribution in [2.24, 2.45) is 5.92 Å². The maximum atomic E-state index is 12.1. The lowest BCUT2D eigenvalue weighted by molar-refractivity contribution is -0.274. The van der Waals surface area contributed by atoms with E-state index in [4.69, 9.17) is 0 Å². The van der Waals surface area contributed by atoms with Crippen LogP contribution in [0.1, 0.15) is 43.5 Å². The maximum Gasteiger partial charge on any atom is 0.573 e. The van der Waals surface area contributed by atoms with Gasteiger partial charge in [-0.3, -0.25) is 0 Å². The molecule has 2 aromatic carbocycles. The highest BCUT2D eigenvalue weighted by Gasteiger charge is 2.31. The Morgan fingerprint density at radius 2 is 1.74 bits per heavy atom. The largest absolute Gasteiger partial charge is 0.573 e. The van der Waals surface area contributed by atoms with Gasteiger partial charge in [0, 0.05) is 26.0 Å². The van der Waals surface area contributed by atoms with Gasteiger partial charge in [0.15, 0.2) is 0 Å². The molecule has 5 nitrogen and oxygen atoms in total. The molecule has 0 aliphatic heterocycles. The Labute approximate surface area is 199 Å². The van der Waals surface area contributed by atoms with E-state index in [2.05, 4.69) is 20.0 Å². The van der Waals surface area contributed by atoms with Gasteiger partial charge < -0.3 is 15.0 Å². The van der Waals surface area contributed by atoms with E-state index in [-0.39, 0.29) is 5.75 Å². The second kappa shape index (κ2) is 12.0. The number of para-hydroxylation sites is 1. The summed E-state index contributed by atoms with van der Waals surface area (Å²) in [6.07, 6.45) is 1.79. The van der Waals surface area contributed by atoms with E-state index in [0.29, 0.717) is 12.5 Å². The number of hydrogen-bond acceptors (Lipinski definition) is 5. The Hall–Kier alpha value is -2.87. The molecule has 1 N–H and O–H groups in total. The van der Waals surface area contributed by atoms with Crippen LogP contribution in [-0.2, 0) is 6.54 Å². The van der Waals surface area contributed by atoms with Crippen LogP contribution in [0.3, 0.4) is 0 Å². The first-order chi connectivity index (χ1) is 16.2. The van der Waals surface area contributed by atoms with Crippen molar-refractivity contribution in [1.82, 2.24) is 15.3 Å². The predicted molar refractivity (Wildman–Crippen MR) is 130 cm³/mol. The van der Waals surface area contributed by atoms with Gasteiger partial charge >= 0.3 is 6.36 Å². The lowest BCUT2D eigenvalue weighted by Crippen LogP contribution is -2.24. The lowest BCUT2D eigenvalue weighted by Gasteiger charge is -2.21. The van der Waals surface area contributed by atoms with Gasteiger partial charge in [-0.2, -0.15) is 0 Å². The van der Waals surface area contributed by atoms with Gasteiger partial charge in [0.2, 0.25) is 0 Å². The van der Waals surface area contributed by atoms with Crippen molar-refractivity contribution in [1.29, 1.82) is 0 Å². The minimum absolute atomic E-state index is 0.158.